The van der Waals surface area contributed by atoms with Crippen LogP contribution in [-0.2, 0) is 26.0 Å². The molecule has 0 saturated carbocycles. The highest BCUT2D eigenvalue weighted by Gasteiger charge is 2.28. The van der Waals surface area contributed by atoms with Crippen LogP contribution in [0.4, 0.5) is 5.69 Å². The standard InChI is InChI=1S/C27H37N3O6S/c1-20(26(32)28-27(2,3)4)29(17-15-21-10-7-6-8-11-21)25(31)12-9-16-30(37(5,33)34)22-13-14-23-24(18-22)36-19-35-23/h6-8,10-11,13-14,18,20H,9,12,15-17,19H2,1-5H3,(H,28,32). The van der Waals surface area contributed by atoms with Crippen molar-refractivity contribution in [1.82, 2.24) is 10.2 Å². The average molecular weight is 532 g/mol. The Balaban J connectivity index is 1.70. The minimum atomic E-state index is -3.60. The number of carbonyl (C=O) groups excluding carboxylic acids is 2. The van der Waals surface area contributed by atoms with Crippen molar-refractivity contribution in [3.63, 3.8) is 0 Å². The van der Waals surface area contributed by atoms with E-state index in [0.717, 1.165) is 11.8 Å². The van der Waals surface area contributed by atoms with E-state index in [4.69, 9.17) is 9.47 Å². The number of hydrogen-bond acceptors (Lipinski definition) is 6. The minimum absolute atomic E-state index is 0.0892. The number of hydrogen-bond donors (Lipinski definition) is 1. The third kappa shape index (κ3) is 8.11. The first-order valence-corrected chi connectivity index (χ1v) is 14.2. The maximum atomic E-state index is 13.3. The van der Waals surface area contributed by atoms with Crippen LogP contribution in [0.15, 0.2) is 48.5 Å². The quantitative estimate of drug-likeness (QED) is 0.477. The van der Waals surface area contributed by atoms with Crippen molar-refractivity contribution in [3.05, 3.63) is 54.1 Å². The molecule has 2 amide bonds. The van der Waals surface area contributed by atoms with E-state index in [-0.39, 0.29) is 38.0 Å². The van der Waals surface area contributed by atoms with E-state index >= 15 is 0 Å². The van der Waals surface area contributed by atoms with Crippen LogP contribution in [0.25, 0.3) is 0 Å². The minimum Gasteiger partial charge on any atom is -0.454 e. The zero-order valence-electron chi connectivity index (χ0n) is 22.2. The highest BCUT2D eigenvalue weighted by atomic mass is 32.2. The van der Waals surface area contributed by atoms with Gasteiger partial charge in [-0.15, -0.1) is 0 Å². The van der Waals surface area contributed by atoms with Gasteiger partial charge in [-0.1, -0.05) is 30.3 Å². The summed E-state index contributed by atoms with van der Waals surface area (Å²) in [6.07, 6.45) is 2.12. The molecule has 10 heteroatoms. The van der Waals surface area contributed by atoms with Gasteiger partial charge in [0.2, 0.25) is 28.6 Å². The molecule has 0 aromatic heterocycles. The molecule has 2 aromatic carbocycles. The Labute approximate surface area is 219 Å². The summed E-state index contributed by atoms with van der Waals surface area (Å²) in [6, 6.07) is 14.0. The second kappa shape index (κ2) is 11.9. The first-order chi connectivity index (χ1) is 17.3. The molecule has 1 aliphatic heterocycles. The van der Waals surface area contributed by atoms with Crippen molar-refractivity contribution in [2.75, 3.05) is 30.4 Å². The van der Waals surface area contributed by atoms with Crippen molar-refractivity contribution in [1.29, 1.82) is 0 Å². The van der Waals surface area contributed by atoms with Crippen LogP contribution in [0, 0.1) is 0 Å². The molecule has 1 aliphatic rings. The van der Waals surface area contributed by atoms with Crippen LogP contribution in [0.1, 0.15) is 46.1 Å². The summed E-state index contributed by atoms with van der Waals surface area (Å²) in [5.74, 6) is 0.607. The predicted octanol–water partition coefficient (Wildman–Crippen LogP) is 3.34. The van der Waals surface area contributed by atoms with Gasteiger partial charge in [0, 0.05) is 31.1 Å². The number of benzene rings is 2. The Kier molecular flexibility index (Phi) is 9.07. The first-order valence-electron chi connectivity index (χ1n) is 12.4. The van der Waals surface area contributed by atoms with Crippen LogP contribution in [-0.4, -0.2) is 62.9 Å². The largest absolute Gasteiger partial charge is 0.454 e. The second-order valence-electron chi connectivity index (χ2n) is 10.2. The number of carbonyl (C=O) groups is 2. The molecule has 37 heavy (non-hydrogen) atoms. The summed E-state index contributed by atoms with van der Waals surface area (Å²) >= 11 is 0. The molecule has 0 fully saturated rings. The van der Waals surface area contributed by atoms with Gasteiger partial charge < -0.3 is 19.7 Å². The normalized spacial score (nSPS) is 13.6. The van der Waals surface area contributed by atoms with Crippen LogP contribution in [0.5, 0.6) is 11.5 Å². The molecule has 202 valence electrons. The van der Waals surface area contributed by atoms with Crippen LogP contribution >= 0.6 is 0 Å². The molecule has 0 radical (unpaired) electrons. The third-order valence-electron chi connectivity index (χ3n) is 5.95. The maximum Gasteiger partial charge on any atom is 0.242 e. The molecule has 1 N–H and O–H groups in total. The Morgan fingerprint density at radius 3 is 2.35 bits per heavy atom. The van der Waals surface area contributed by atoms with E-state index < -0.39 is 21.6 Å². The fraction of sp³-hybridized carbons (Fsp3) is 0.481. The van der Waals surface area contributed by atoms with Crippen molar-refractivity contribution in [3.8, 4) is 11.5 Å². The van der Waals surface area contributed by atoms with Crippen molar-refractivity contribution < 1.29 is 27.5 Å². The van der Waals surface area contributed by atoms with Crippen LogP contribution in [0.3, 0.4) is 0 Å². The van der Waals surface area contributed by atoms with E-state index in [1.165, 1.54) is 4.31 Å². The van der Waals surface area contributed by atoms with Gasteiger partial charge in [-0.2, -0.15) is 0 Å². The summed E-state index contributed by atoms with van der Waals surface area (Å²) in [6.45, 7) is 7.97. The maximum absolute atomic E-state index is 13.3. The summed E-state index contributed by atoms with van der Waals surface area (Å²) in [4.78, 5) is 27.8. The van der Waals surface area contributed by atoms with Gasteiger partial charge in [-0.25, -0.2) is 8.42 Å². The number of anilines is 1. The van der Waals surface area contributed by atoms with Gasteiger partial charge >= 0.3 is 0 Å². The number of fused-ring (bicyclic) bond motifs is 1. The Morgan fingerprint density at radius 1 is 1.03 bits per heavy atom. The second-order valence-corrected chi connectivity index (χ2v) is 12.1. The zero-order chi connectivity index (χ0) is 27.2. The van der Waals surface area contributed by atoms with Gasteiger partial charge in [-0.05, 0) is 58.2 Å². The Hall–Kier alpha value is -3.27. The summed E-state index contributed by atoms with van der Waals surface area (Å²) in [5, 5.41) is 2.95. The number of nitrogens with zero attached hydrogens (tertiary/aromatic N) is 2. The number of sulfonamides is 1. The molecule has 0 aliphatic carbocycles. The van der Waals surface area contributed by atoms with Crippen molar-refractivity contribution >= 4 is 27.5 Å². The van der Waals surface area contributed by atoms with E-state index in [1.54, 1.807) is 30.0 Å². The fourth-order valence-electron chi connectivity index (χ4n) is 4.09. The lowest BCUT2D eigenvalue weighted by atomic mass is 10.1. The van der Waals surface area contributed by atoms with Gasteiger partial charge in [0.25, 0.3) is 0 Å². The third-order valence-corrected chi connectivity index (χ3v) is 7.14. The average Bonchev–Trinajstić information content (AvgIpc) is 3.28. The SMILES string of the molecule is CC(C(=O)NC(C)(C)C)N(CCc1ccccc1)C(=O)CCCN(c1ccc2c(c1)OCO2)S(C)(=O)=O. The molecule has 2 aromatic rings. The summed E-state index contributed by atoms with van der Waals surface area (Å²) in [7, 11) is -3.60. The molecule has 9 nitrogen and oxygen atoms in total. The predicted molar refractivity (Wildman–Crippen MR) is 143 cm³/mol. The lowest BCUT2D eigenvalue weighted by Crippen LogP contribution is -2.53. The van der Waals surface area contributed by atoms with Gasteiger partial charge in [-0.3, -0.25) is 13.9 Å². The van der Waals surface area contributed by atoms with Crippen molar-refractivity contribution in [2.24, 2.45) is 0 Å². The van der Waals surface area contributed by atoms with Gasteiger partial charge in [0.15, 0.2) is 11.5 Å². The summed E-state index contributed by atoms with van der Waals surface area (Å²) < 4.78 is 37.0. The zero-order valence-corrected chi connectivity index (χ0v) is 23.0. The molecular formula is C27H37N3O6S. The molecule has 1 heterocycles. The van der Waals surface area contributed by atoms with Crippen LogP contribution < -0.4 is 19.1 Å². The number of nitrogens with one attached hydrogen (secondary N) is 1. The van der Waals surface area contributed by atoms with E-state index in [2.05, 4.69) is 5.32 Å². The van der Waals surface area contributed by atoms with Crippen molar-refractivity contribution in [2.45, 2.75) is 58.5 Å². The number of ether oxygens (including phenoxy) is 2. The molecule has 0 spiro atoms. The smallest absolute Gasteiger partial charge is 0.242 e. The van der Waals surface area contributed by atoms with E-state index in [0.29, 0.717) is 30.2 Å². The first kappa shape index (κ1) is 28.3. The fourth-order valence-corrected chi connectivity index (χ4v) is 5.05. The Bertz CT molecular complexity index is 1190. The molecule has 1 atom stereocenters. The molecule has 0 bridgehead atoms. The van der Waals surface area contributed by atoms with E-state index in [1.807, 2.05) is 51.1 Å². The highest BCUT2D eigenvalue weighted by Crippen LogP contribution is 2.36. The lowest BCUT2D eigenvalue weighted by molar-refractivity contribution is -0.140. The van der Waals surface area contributed by atoms with Gasteiger partial charge in [0.1, 0.15) is 6.04 Å². The lowest BCUT2D eigenvalue weighted by Gasteiger charge is -2.32. The number of rotatable bonds is 11. The Morgan fingerprint density at radius 2 is 1.70 bits per heavy atom. The topological polar surface area (TPSA) is 105 Å². The molecular weight excluding hydrogens is 494 g/mol. The monoisotopic (exact) mass is 531 g/mol. The van der Waals surface area contributed by atoms with Gasteiger partial charge in [0.05, 0.1) is 11.9 Å². The molecule has 0 saturated heterocycles. The number of amides is 2. The van der Waals surface area contributed by atoms with E-state index in [9.17, 15) is 18.0 Å². The molecule has 3 rings (SSSR count). The van der Waals surface area contributed by atoms with Crippen LogP contribution in [0.2, 0.25) is 0 Å². The summed E-state index contributed by atoms with van der Waals surface area (Å²) in [5.41, 5.74) is 1.08. The molecule has 1 unspecified atom stereocenters. The highest BCUT2D eigenvalue weighted by molar-refractivity contribution is 7.92.